The summed E-state index contributed by atoms with van der Waals surface area (Å²) in [4.78, 5) is 12.1. The molecular weight excluding hydrogens is 260 g/mol. The van der Waals surface area contributed by atoms with E-state index in [-0.39, 0.29) is 12.5 Å². The molecule has 2 aromatic rings. The van der Waals surface area contributed by atoms with E-state index in [9.17, 15) is 4.79 Å². The maximum Gasteiger partial charge on any atom is 0.343 e. The van der Waals surface area contributed by atoms with Gasteiger partial charge in [-0.15, -0.1) is 0 Å². The Bertz CT molecular complexity index is 636. The number of hydrogen-bond acceptors (Lipinski definition) is 5. The van der Waals surface area contributed by atoms with Gasteiger partial charge in [-0.05, 0) is 24.3 Å². The van der Waals surface area contributed by atoms with Crippen molar-refractivity contribution in [3.8, 4) is 23.0 Å². The topological polar surface area (TPSA) is 54.0 Å². The number of hydrogen-bond donors (Lipinski definition) is 0. The Kier molecular flexibility index (Phi) is 3.16. The molecule has 0 saturated carbocycles. The highest BCUT2D eigenvalue weighted by atomic mass is 16.7. The third-order valence-electron chi connectivity index (χ3n) is 2.88. The maximum absolute atomic E-state index is 12.1. The lowest BCUT2D eigenvalue weighted by molar-refractivity contribution is 0.0721. The molecule has 0 N–H and O–H groups in total. The molecule has 0 amide bonds. The molecule has 0 radical (unpaired) electrons. The molecule has 1 aliphatic heterocycles. The molecule has 0 saturated heterocycles. The van der Waals surface area contributed by atoms with E-state index in [0.29, 0.717) is 22.8 Å². The van der Waals surface area contributed by atoms with Crippen LogP contribution in [0, 0.1) is 0 Å². The van der Waals surface area contributed by atoms with Gasteiger partial charge < -0.3 is 18.9 Å². The fraction of sp³-hybridized carbons (Fsp3) is 0.133. The SMILES string of the molecule is COc1ccc2c(c1OC(=O)c1ccccc1)OCO2. The highest BCUT2D eigenvalue weighted by molar-refractivity contribution is 5.91. The first-order chi connectivity index (χ1) is 9.79. The number of ether oxygens (including phenoxy) is 4. The summed E-state index contributed by atoms with van der Waals surface area (Å²) in [6.45, 7) is 0.0956. The summed E-state index contributed by atoms with van der Waals surface area (Å²) in [5, 5.41) is 0. The van der Waals surface area contributed by atoms with Crippen molar-refractivity contribution < 1.29 is 23.7 Å². The molecule has 0 bridgehead atoms. The van der Waals surface area contributed by atoms with E-state index in [0.717, 1.165) is 0 Å². The lowest BCUT2D eigenvalue weighted by Crippen LogP contribution is -2.09. The highest BCUT2D eigenvalue weighted by Gasteiger charge is 2.25. The predicted molar refractivity (Wildman–Crippen MR) is 70.5 cm³/mol. The minimum absolute atomic E-state index is 0.0956. The number of methoxy groups -OCH3 is 1. The van der Waals surface area contributed by atoms with Crippen LogP contribution in [0.25, 0.3) is 0 Å². The van der Waals surface area contributed by atoms with Crippen molar-refractivity contribution in [1.29, 1.82) is 0 Å². The average Bonchev–Trinajstić information content (AvgIpc) is 2.97. The van der Waals surface area contributed by atoms with Gasteiger partial charge in [0.25, 0.3) is 0 Å². The molecule has 20 heavy (non-hydrogen) atoms. The van der Waals surface area contributed by atoms with Gasteiger partial charge in [0.1, 0.15) is 0 Å². The van der Waals surface area contributed by atoms with Crippen LogP contribution in [0.3, 0.4) is 0 Å². The van der Waals surface area contributed by atoms with Crippen LogP contribution in [0.1, 0.15) is 10.4 Å². The van der Waals surface area contributed by atoms with Crippen molar-refractivity contribution in [1.82, 2.24) is 0 Å². The summed E-state index contributed by atoms with van der Waals surface area (Å²) < 4.78 is 21.2. The number of esters is 1. The molecule has 5 nitrogen and oxygen atoms in total. The molecule has 5 heteroatoms. The Morgan fingerprint density at radius 2 is 1.90 bits per heavy atom. The Labute approximate surface area is 115 Å². The Hall–Kier alpha value is -2.69. The van der Waals surface area contributed by atoms with Gasteiger partial charge in [-0.1, -0.05) is 18.2 Å². The van der Waals surface area contributed by atoms with Crippen molar-refractivity contribution in [2.75, 3.05) is 13.9 Å². The minimum atomic E-state index is -0.479. The number of fused-ring (bicyclic) bond motifs is 1. The van der Waals surface area contributed by atoms with E-state index >= 15 is 0 Å². The lowest BCUT2D eigenvalue weighted by atomic mass is 10.2. The first-order valence-corrected chi connectivity index (χ1v) is 6.03. The fourth-order valence-electron chi connectivity index (χ4n) is 1.91. The van der Waals surface area contributed by atoms with E-state index < -0.39 is 5.97 Å². The Morgan fingerprint density at radius 3 is 2.65 bits per heavy atom. The largest absolute Gasteiger partial charge is 0.493 e. The normalized spacial score (nSPS) is 12.1. The maximum atomic E-state index is 12.1. The molecule has 0 unspecified atom stereocenters. The Balaban J connectivity index is 1.94. The molecule has 2 aromatic carbocycles. The smallest absolute Gasteiger partial charge is 0.343 e. The van der Waals surface area contributed by atoms with Crippen molar-refractivity contribution in [2.45, 2.75) is 0 Å². The summed E-state index contributed by atoms with van der Waals surface area (Å²) in [7, 11) is 1.50. The monoisotopic (exact) mass is 272 g/mol. The second-order valence-electron chi connectivity index (χ2n) is 4.09. The molecule has 0 spiro atoms. The molecule has 102 valence electrons. The quantitative estimate of drug-likeness (QED) is 0.635. The Morgan fingerprint density at radius 1 is 1.10 bits per heavy atom. The zero-order valence-corrected chi connectivity index (χ0v) is 10.8. The molecule has 0 atom stereocenters. The minimum Gasteiger partial charge on any atom is -0.493 e. The summed E-state index contributed by atoms with van der Waals surface area (Å²) in [6.07, 6.45) is 0. The number of benzene rings is 2. The van der Waals surface area contributed by atoms with Crippen LogP contribution in [-0.2, 0) is 0 Å². The van der Waals surface area contributed by atoms with Crippen LogP contribution in [0.15, 0.2) is 42.5 Å². The van der Waals surface area contributed by atoms with Crippen LogP contribution in [0.2, 0.25) is 0 Å². The van der Waals surface area contributed by atoms with Crippen molar-refractivity contribution in [3.63, 3.8) is 0 Å². The fourth-order valence-corrected chi connectivity index (χ4v) is 1.91. The van der Waals surface area contributed by atoms with Gasteiger partial charge in [0.2, 0.25) is 18.3 Å². The average molecular weight is 272 g/mol. The first kappa shape index (κ1) is 12.3. The molecule has 0 aliphatic carbocycles. The van der Waals surface area contributed by atoms with E-state index in [4.69, 9.17) is 18.9 Å². The summed E-state index contributed by atoms with van der Waals surface area (Å²) >= 11 is 0. The van der Waals surface area contributed by atoms with Gasteiger partial charge in [0.05, 0.1) is 12.7 Å². The summed E-state index contributed by atoms with van der Waals surface area (Å²) in [5.74, 6) is 1.08. The van der Waals surface area contributed by atoms with E-state index in [1.807, 2.05) is 6.07 Å². The molecule has 0 aromatic heterocycles. The summed E-state index contributed by atoms with van der Waals surface area (Å²) in [5.41, 5.74) is 0.450. The second kappa shape index (κ2) is 5.13. The predicted octanol–water partition coefficient (Wildman–Crippen LogP) is 2.64. The highest BCUT2D eigenvalue weighted by Crippen LogP contribution is 2.46. The van der Waals surface area contributed by atoms with Crippen molar-refractivity contribution in [3.05, 3.63) is 48.0 Å². The molecule has 0 fully saturated rings. The zero-order valence-electron chi connectivity index (χ0n) is 10.8. The first-order valence-electron chi connectivity index (χ1n) is 6.03. The lowest BCUT2D eigenvalue weighted by Gasteiger charge is -2.11. The van der Waals surface area contributed by atoms with Gasteiger partial charge >= 0.3 is 5.97 Å². The third kappa shape index (κ3) is 2.14. The van der Waals surface area contributed by atoms with Crippen molar-refractivity contribution >= 4 is 5.97 Å². The van der Waals surface area contributed by atoms with Crippen LogP contribution in [0.5, 0.6) is 23.0 Å². The van der Waals surface area contributed by atoms with Gasteiger partial charge in [0.15, 0.2) is 11.5 Å². The molecule has 1 aliphatic rings. The second-order valence-corrected chi connectivity index (χ2v) is 4.09. The standard InChI is InChI=1S/C15H12O5/c1-17-11-7-8-12-13(19-9-18-12)14(11)20-15(16)10-5-3-2-4-6-10/h2-8H,9H2,1H3. The molecule has 3 rings (SSSR count). The van der Waals surface area contributed by atoms with Crippen LogP contribution in [-0.4, -0.2) is 19.9 Å². The zero-order chi connectivity index (χ0) is 13.9. The number of carbonyl (C=O) groups excluding carboxylic acids is 1. The summed E-state index contributed by atoms with van der Waals surface area (Å²) in [6, 6.07) is 12.1. The van der Waals surface area contributed by atoms with Crippen LogP contribution in [0.4, 0.5) is 0 Å². The molecule has 1 heterocycles. The van der Waals surface area contributed by atoms with Gasteiger partial charge in [0, 0.05) is 0 Å². The van der Waals surface area contributed by atoms with Gasteiger partial charge in [-0.3, -0.25) is 0 Å². The van der Waals surface area contributed by atoms with E-state index in [1.165, 1.54) is 7.11 Å². The van der Waals surface area contributed by atoms with E-state index in [1.54, 1.807) is 36.4 Å². The molecular formula is C15H12O5. The third-order valence-corrected chi connectivity index (χ3v) is 2.88. The van der Waals surface area contributed by atoms with Gasteiger partial charge in [-0.25, -0.2) is 4.79 Å². The van der Waals surface area contributed by atoms with Crippen LogP contribution >= 0.6 is 0 Å². The van der Waals surface area contributed by atoms with E-state index in [2.05, 4.69) is 0 Å². The van der Waals surface area contributed by atoms with Crippen molar-refractivity contribution in [2.24, 2.45) is 0 Å². The number of carbonyl (C=O) groups is 1. The number of rotatable bonds is 3. The van der Waals surface area contributed by atoms with Gasteiger partial charge in [-0.2, -0.15) is 0 Å². The van der Waals surface area contributed by atoms with Crippen LogP contribution < -0.4 is 18.9 Å².